The smallest absolute Gasteiger partial charge is 0.269 e. The number of hydrogen-bond acceptors (Lipinski definition) is 3. The van der Waals surface area contributed by atoms with E-state index in [1.54, 1.807) is 6.07 Å². The molecule has 2 aromatic rings. The molecule has 0 unspecified atom stereocenters. The van der Waals surface area contributed by atoms with Crippen molar-refractivity contribution in [2.75, 3.05) is 13.2 Å². The monoisotopic (exact) mass is 230 g/mol. The van der Waals surface area contributed by atoms with Crippen molar-refractivity contribution in [3.8, 4) is 0 Å². The number of aliphatic hydroxyl groups is 1. The number of aliphatic hydroxyl groups excluding tert-OH is 1. The molecule has 4 heteroatoms. The number of carbonyl (C=O) groups is 1. The van der Waals surface area contributed by atoms with E-state index in [0.29, 0.717) is 18.7 Å². The molecule has 0 aliphatic carbocycles. The van der Waals surface area contributed by atoms with Crippen LogP contribution < -0.4 is 5.32 Å². The molecule has 17 heavy (non-hydrogen) atoms. The standard InChI is InChI=1S/C13H14N2O2/c16-9-3-8-14-13(17)12-7-6-10-4-1-2-5-11(10)15-12/h1-2,4-7,16H,3,8-9H2,(H,14,17). The Labute approximate surface area is 99.3 Å². The number of aromatic nitrogens is 1. The van der Waals surface area contributed by atoms with Crippen LogP contribution in [0.3, 0.4) is 0 Å². The fourth-order valence-electron chi connectivity index (χ4n) is 1.56. The van der Waals surface area contributed by atoms with Gasteiger partial charge in [0.2, 0.25) is 0 Å². The predicted molar refractivity (Wildman–Crippen MR) is 65.8 cm³/mol. The molecule has 0 radical (unpaired) electrons. The molecule has 88 valence electrons. The zero-order valence-corrected chi connectivity index (χ0v) is 9.39. The Bertz CT molecular complexity index is 526. The van der Waals surface area contributed by atoms with Crippen LogP contribution in [-0.2, 0) is 0 Å². The number of nitrogens with one attached hydrogen (secondary N) is 1. The van der Waals surface area contributed by atoms with E-state index in [0.717, 1.165) is 10.9 Å². The lowest BCUT2D eigenvalue weighted by molar-refractivity contribution is 0.0946. The van der Waals surface area contributed by atoms with Gasteiger partial charge < -0.3 is 10.4 Å². The number of carbonyl (C=O) groups excluding carboxylic acids is 1. The van der Waals surface area contributed by atoms with Crippen molar-refractivity contribution in [2.24, 2.45) is 0 Å². The summed E-state index contributed by atoms with van der Waals surface area (Å²) in [5.74, 6) is -0.204. The molecule has 2 rings (SSSR count). The summed E-state index contributed by atoms with van der Waals surface area (Å²) in [4.78, 5) is 16.0. The Morgan fingerprint density at radius 3 is 2.88 bits per heavy atom. The molecule has 0 atom stereocenters. The molecule has 1 amide bonds. The van der Waals surface area contributed by atoms with Crippen LogP contribution in [0.15, 0.2) is 36.4 Å². The lowest BCUT2D eigenvalue weighted by atomic mass is 10.2. The average molecular weight is 230 g/mol. The van der Waals surface area contributed by atoms with Gasteiger partial charge in [0, 0.05) is 18.5 Å². The summed E-state index contributed by atoms with van der Waals surface area (Å²) in [6, 6.07) is 11.2. The Kier molecular flexibility index (Phi) is 3.67. The van der Waals surface area contributed by atoms with Crippen LogP contribution in [0.5, 0.6) is 0 Å². The molecule has 0 fully saturated rings. The second-order valence-corrected chi connectivity index (χ2v) is 3.72. The highest BCUT2D eigenvalue weighted by atomic mass is 16.3. The Hall–Kier alpha value is -1.94. The minimum absolute atomic E-state index is 0.0748. The van der Waals surface area contributed by atoms with Gasteiger partial charge in [-0.25, -0.2) is 4.98 Å². The van der Waals surface area contributed by atoms with Gasteiger partial charge in [-0.2, -0.15) is 0 Å². The summed E-state index contributed by atoms with van der Waals surface area (Å²) >= 11 is 0. The number of pyridine rings is 1. The number of benzene rings is 1. The van der Waals surface area contributed by atoms with Gasteiger partial charge in [0.15, 0.2) is 0 Å². The second kappa shape index (κ2) is 5.41. The summed E-state index contributed by atoms with van der Waals surface area (Å²) in [6.45, 7) is 0.537. The summed E-state index contributed by atoms with van der Waals surface area (Å²) < 4.78 is 0. The first-order valence-corrected chi connectivity index (χ1v) is 5.56. The van der Waals surface area contributed by atoms with Gasteiger partial charge in [0.1, 0.15) is 5.69 Å². The first-order chi connectivity index (χ1) is 8.31. The van der Waals surface area contributed by atoms with Gasteiger partial charge in [-0.05, 0) is 18.6 Å². The molecule has 0 saturated carbocycles. The topological polar surface area (TPSA) is 62.2 Å². The first-order valence-electron chi connectivity index (χ1n) is 5.56. The van der Waals surface area contributed by atoms with Crippen molar-refractivity contribution in [1.29, 1.82) is 0 Å². The summed E-state index contributed by atoms with van der Waals surface area (Å²) in [6.07, 6.45) is 0.555. The van der Waals surface area contributed by atoms with Gasteiger partial charge in [-0.3, -0.25) is 4.79 Å². The normalized spacial score (nSPS) is 10.4. The highest BCUT2D eigenvalue weighted by Gasteiger charge is 2.06. The maximum absolute atomic E-state index is 11.7. The number of amides is 1. The summed E-state index contributed by atoms with van der Waals surface area (Å²) in [5.41, 5.74) is 1.21. The van der Waals surface area contributed by atoms with Crippen molar-refractivity contribution in [3.05, 3.63) is 42.1 Å². The molecule has 0 bridgehead atoms. The number of nitrogens with zero attached hydrogens (tertiary/aromatic N) is 1. The van der Waals surface area contributed by atoms with E-state index >= 15 is 0 Å². The van der Waals surface area contributed by atoms with Crippen molar-refractivity contribution in [2.45, 2.75) is 6.42 Å². The quantitative estimate of drug-likeness (QED) is 0.779. The third kappa shape index (κ3) is 2.79. The maximum atomic E-state index is 11.7. The van der Waals surface area contributed by atoms with E-state index in [1.807, 2.05) is 30.3 Å². The van der Waals surface area contributed by atoms with Crippen LogP contribution in [-0.4, -0.2) is 29.1 Å². The molecular weight excluding hydrogens is 216 g/mol. The predicted octanol–water partition coefficient (Wildman–Crippen LogP) is 1.35. The third-order valence-corrected chi connectivity index (χ3v) is 2.45. The minimum atomic E-state index is -0.204. The van der Waals surface area contributed by atoms with Crippen molar-refractivity contribution >= 4 is 16.8 Å². The van der Waals surface area contributed by atoms with Gasteiger partial charge in [0.25, 0.3) is 5.91 Å². The summed E-state index contributed by atoms with van der Waals surface area (Å²) in [7, 11) is 0. The van der Waals surface area contributed by atoms with Crippen LogP contribution in [0.1, 0.15) is 16.9 Å². The lowest BCUT2D eigenvalue weighted by Crippen LogP contribution is -2.25. The highest BCUT2D eigenvalue weighted by molar-refractivity contribution is 5.94. The Balaban J connectivity index is 2.15. The molecule has 4 nitrogen and oxygen atoms in total. The first kappa shape index (κ1) is 11.5. The van der Waals surface area contributed by atoms with Gasteiger partial charge in [0.05, 0.1) is 5.52 Å². The van der Waals surface area contributed by atoms with Crippen LogP contribution in [0.4, 0.5) is 0 Å². The van der Waals surface area contributed by atoms with Crippen LogP contribution >= 0.6 is 0 Å². The van der Waals surface area contributed by atoms with Gasteiger partial charge in [-0.1, -0.05) is 24.3 Å². The molecule has 0 aliphatic heterocycles. The maximum Gasteiger partial charge on any atom is 0.269 e. The fourth-order valence-corrected chi connectivity index (χ4v) is 1.56. The molecule has 1 aromatic heterocycles. The molecule has 1 aromatic carbocycles. The minimum Gasteiger partial charge on any atom is -0.396 e. The van der Waals surface area contributed by atoms with Crippen molar-refractivity contribution < 1.29 is 9.90 Å². The van der Waals surface area contributed by atoms with Gasteiger partial charge >= 0.3 is 0 Å². The fraction of sp³-hybridized carbons (Fsp3) is 0.231. The molecule has 1 heterocycles. The number of hydrogen-bond donors (Lipinski definition) is 2. The largest absolute Gasteiger partial charge is 0.396 e. The van der Waals surface area contributed by atoms with Crippen LogP contribution in [0.2, 0.25) is 0 Å². The third-order valence-electron chi connectivity index (χ3n) is 2.45. The van der Waals surface area contributed by atoms with Crippen LogP contribution in [0.25, 0.3) is 10.9 Å². The summed E-state index contributed by atoms with van der Waals surface area (Å²) in [5, 5.41) is 12.3. The van der Waals surface area contributed by atoms with E-state index in [1.165, 1.54) is 0 Å². The van der Waals surface area contributed by atoms with E-state index in [2.05, 4.69) is 10.3 Å². The number of para-hydroxylation sites is 1. The zero-order valence-electron chi connectivity index (χ0n) is 9.39. The number of fused-ring (bicyclic) bond motifs is 1. The van der Waals surface area contributed by atoms with E-state index in [9.17, 15) is 4.79 Å². The Morgan fingerprint density at radius 1 is 1.24 bits per heavy atom. The molecule has 0 aliphatic rings. The van der Waals surface area contributed by atoms with E-state index < -0.39 is 0 Å². The lowest BCUT2D eigenvalue weighted by Gasteiger charge is -2.04. The average Bonchev–Trinajstić information content (AvgIpc) is 2.38. The van der Waals surface area contributed by atoms with Crippen molar-refractivity contribution in [3.63, 3.8) is 0 Å². The molecule has 0 spiro atoms. The van der Waals surface area contributed by atoms with Crippen LogP contribution in [0, 0.1) is 0 Å². The van der Waals surface area contributed by atoms with Gasteiger partial charge in [-0.15, -0.1) is 0 Å². The molecule has 2 N–H and O–H groups in total. The highest BCUT2D eigenvalue weighted by Crippen LogP contribution is 2.11. The SMILES string of the molecule is O=C(NCCCO)c1ccc2ccccc2n1. The zero-order chi connectivity index (χ0) is 12.1. The Morgan fingerprint density at radius 2 is 2.06 bits per heavy atom. The number of rotatable bonds is 4. The molecule has 0 saturated heterocycles. The second-order valence-electron chi connectivity index (χ2n) is 3.72. The van der Waals surface area contributed by atoms with Crippen molar-refractivity contribution in [1.82, 2.24) is 10.3 Å². The molecular formula is C13H14N2O2. The van der Waals surface area contributed by atoms with E-state index in [4.69, 9.17) is 5.11 Å². The van der Waals surface area contributed by atoms with E-state index in [-0.39, 0.29) is 12.5 Å².